The van der Waals surface area contributed by atoms with E-state index < -0.39 is 30.2 Å². The van der Waals surface area contributed by atoms with Crippen LogP contribution in [0.2, 0.25) is 0 Å². The zero-order valence-electron chi connectivity index (χ0n) is 33.4. The lowest BCUT2D eigenvalue weighted by atomic mass is 9.89. The third-order valence-corrected chi connectivity index (χ3v) is 10.6. The summed E-state index contributed by atoms with van der Waals surface area (Å²) >= 11 is 0. The maximum Gasteiger partial charge on any atom is 0.245 e. The second-order valence-corrected chi connectivity index (χ2v) is 15.3. The SMILES string of the molecule is CC[C@H](C)[C@@H]([C@@H](CC(=O)N1CCC[C@H]1C(OC)[C@@H](C)C(=O)NCCc1ccc(N)cc1)OC)N(C)C(=O)[C@@H](NC(=O)[C@H](C(C)C)N(C)C)C(C)C. The summed E-state index contributed by atoms with van der Waals surface area (Å²) in [6.45, 7) is 14.8. The first-order valence-corrected chi connectivity index (χ1v) is 18.7. The minimum atomic E-state index is -0.743. The normalized spacial score (nSPS) is 19.0. The summed E-state index contributed by atoms with van der Waals surface area (Å²) in [4.78, 5) is 60.3. The summed E-state index contributed by atoms with van der Waals surface area (Å²) in [5.74, 6) is -1.21. The third-order valence-electron chi connectivity index (χ3n) is 10.6. The van der Waals surface area contributed by atoms with Gasteiger partial charge in [-0.2, -0.15) is 0 Å². The van der Waals surface area contributed by atoms with E-state index in [1.54, 1.807) is 26.2 Å². The fourth-order valence-corrected chi connectivity index (χ4v) is 7.59. The Morgan fingerprint density at radius 1 is 0.941 bits per heavy atom. The molecule has 1 aliphatic rings. The van der Waals surface area contributed by atoms with Crippen LogP contribution in [-0.2, 0) is 35.1 Å². The molecule has 0 spiro atoms. The second-order valence-electron chi connectivity index (χ2n) is 15.3. The van der Waals surface area contributed by atoms with Gasteiger partial charge in [0.25, 0.3) is 0 Å². The molecule has 0 saturated carbocycles. The number of ether oxygens (including phenoxy) is 2. The van der Waals surface area contributed by atoms with Crippen molar-refractivity contribution in [2.45, 2.75) is 117 Å². The molecule has 1 fully saturated rings. The summed E-state index contributed by atoms with van der Waals surface area (Å²) in [5.41, 5.74) is 7.57. The van der Waals surface area contributed by atoms with Gasteiger partial charge in [0.2, 0.25) is 23.6 Å². The van der Waals surface area contributed by atoms with Crippen LogP contribution < -0.4 is 16.4 Å². The van der Waals surface area contributed by atoms with Gasteiger partial charge in [-0.25, -0.2) is 0 Å². The molecule has 0 bridgehead atoms. The zero-order valence-corrected chi connectivity index (χ0v) is 33.4. The van der Waals surface area contributed by atoms with E-state index in [0.717, 1.165) is 24.8 Å². The standard InChI is InChI=1S/C39H68N6O6/c1-13-26(6)35(44(10)39(49)33(24(2)3)42-38(48)34(25(4)5)43(8)9)31(50-11)23-32(46)45-22-14-15-30(45)36(51-12)27(7)37(47)41-21-20-28-16-18-29(40)19-17-28/h16-19,24-27,30-31,33-36H,13-15,20-23,40H2,1-12H3,(H,41,47)(H,42,48)/t26-,27+,30-,31+,33-,34-,35-,36?/m0/s1. The van der Waals surface area contributed by atoms with Gasteiger partial charge in [-0.1, -0.05) is 67.0 Å². The molecule has 1 aliphatic heterocycles. The van der Waals surface area contributed by atoms with Crippen molar-refractivity contribution in [2.24, 2.45) is 23.7 Å². The number of likely N-dealkylation sites (N-methyl/N-ethyl adjacent to an activating group) is 2. The lowest BCUT2D eigenvalue weighted by molar-refractivity contribution is -0.148. The van der Waals surface area contributed by atoms with Gasteiger partial charge in [-0.05, 0) is 68.8 Å². The van der Waals surface area contributed by atoms with Crippen molar-refractivity contribution in [2.75, 3.05) is 54.2 Å². The van der Waals surface area contributed by atoms with E-state index in [9.17, 15) is 19.2 Å². The lowest BCUT2D eigenvalue weighted by Crippen LogP contribution is -2.59. The number of anilines is 1. The van der Waals surface area contributed by atoms with Crippen LogP contribution in [0.15, 0.2) is 24.3 Å². The van der Waals surface area contributed by atoms with Crippen LogP contribution in [0.25, 0.3) is 0 Å². The fourth-order valence-electron chi connectivity index (χ4n) is 7.59. The molecule has 1 aromatic rings. The first-order chi connectivity index (χ1) is 24.0. The number of carbonyl (C=O) groups is 4. The Morgan fingerprint density at radius 3 is 2.08 bits per heavy atom. The molecule has 1 heterocycles. The highest BCUT2D eigenvalue weighted by atomic mass is 16.5. The number of hydrogen-bond acceptors (Lipinski definition) is 8. The van der Waals surface area contributed by atoms with Crippen LogP contribution in [0.3, 0.4) is 0 Å². The Balaban J connectivity index is 2.21. The predicted octanol–water partition coefficient (Wildman–Crippen LogP) is 3.57. The number of likely N-dealkylation sites (tertiary alicyclic amines) is 1. The van der Waals surface area contributed by atoms with Gasteiger partial charge in [0.1, 0.15) is 6.04 Å². The van der Waals surface area contributed by atoms with E-state index in [2.05, 4.69) is 24.5 Å². The monoisotopic (exact) mass is 717 g/mol. The molecular weight excluding hydrogens is 648 g/mol. The van der Waals surface area contributed by atoms with Gasteiger partial charge in [-0.15, -0.1) is 0 Å². The number of nitrogens with zero attached hydrogens (tertiary/aromatic N) is 3. The highest BCUT2D eigenvalue weighted by Gasteiger charge is 2.43. The van der Waals surface area contributed by atoms with E-state index in [-0.39, 0.29) is 59.9 Å². The van der Waals surface area contributed by atoms with Crippen molar-refractivity contribution in [3.63, 3.8) is 0 Å². The third kappa shape index (κ3) is 11.9. The highest BCUT2D eigenvalue weighted by Crippen LogP contribution is 2.29. The largest absolute Gasteiger partial charge is 0.399 e. The number of amides is 4. The second kappa shape index (κ2) is 20.7. The van der Waals surface area contributed by atoms with Gasteiger partial charge in [0.05, 0.1) is 42.7 Å². The molecule has 0 aliphatic carbocycles. The van der Waals surface area contributed by atoms with Crippen LogP contribution >= 0.6 is 0 Å². The number of benzene rings is 1. The van der Waals surface area contributed by atoms with Crippen molar-refractivity contribution < 1.29 is 28.7 Å². The number of carbonyl (C=O) groups excluding carboxylic acids is 4. The van der Waals surface area contributed by atoms with Gasteiger partial charge < -0.3 is 35.6 Å². The predicted molar refractivity (Wildman–Crippen MR) is 203 cm³/mol. The minimum Gasteiger partial charge on any atom is -0.399 e. The summed E-state index contributed by atoms with van der Waals surface area (Å²) in [6.07, 6.45) is 1.93. The van der Waals surface area contributed by atoms with Crippen LogP contribution in [-0.4, -0.2) is 123 Å². The van der Waals surface area contributed by atoms with Crippen molar-refractivity contribution in [1.29, 1.82) is 0 Å². The molecule has 51 heavy (non-hydrogen) atoms. The van der Waals surface area contributed by atoms with Crippen LogP contribution in [0.5, 0.6) is 0 Å². The average Bonchev–Trinajstić information content (AvgIpc) is 3.56. The minimum absolute atomic E-state index is 0.00320. The Morgan fingerprint density at radius 2 is 1.57 bits per heavy atom. The highest BCUT2D eigenvalue weighted by molar-refractivity contribution is 5.90. The van der Waals surface area contributed by atoms with Gasteiger partial charge in [0, 0.05) is 40.0 Å². The number of hydrogen-bond donors (Lipinski definition) is 3. The van der Waals surface area contributed by atoms with Gasteiger partial charge in [-0.3, -0.25) is 24.1 Å². The van der Waals surface area contributed by atoms with E-state index >= 15 is 0 Å². The van der Waals surface area contributed by atoms with Crippen molar-refractivity contribution >= 4 is 29.3 Å². The first-order valence-electron chi connectivity index (χ1n) is 18.7. The molecule has 1 aromatic carbocycles. The summed E-state index contributed by atoms with van der Waals surface area (Å²) < 4.78 is 11.9. The van der Waals surface area contributed by atoms with Crippen LogP contribution in [0.1, 0.15) is 79.7 Å². The molecule has 2 rings (SSSR count). The maximum atomic E-state index is 14.2. The molecule has 0 radical (unpaired) electrons. The van der Waals surface area contributed by atoms with Crippen LogP contribution in [0.4, 0.5) is 5.69 Å². The molecule has 1 saturated heterocycles. The van der Waals surface area contributed by atoms with Crippen molar-refractivity contribution in [3.05, 3.63) is 29.8 Å². The summed E-state index contributed by atoms with van der Waals surface area (Å²) in [7, 11) is 8.64. The van der Waals surface area contributed by atoms with Gasteiger partial charge in [0.15, 0.2) is 0 Å². The van der Waals surface area contributed by atoms with E-state index in [1.165, 1.54) is 0 Å². The number of methoxy groups -OCH3 is 2. The lowest BCUT2D eigenvalue weighted by Gasteiger charge is -2.41. The molecule has 290 valence electrons. The Labute approximate surface area is 307 Å². The van der Waals surface area contributed by atoms with E-state index in [4.69, 9.17) is 15.2 Å². The summed E-state index contributed by atoms with van der Waals surface area (Å²) in [5, 5.41) is 6.07. The smallest absolute Gasteiger partial charge is 0.245 e. The van der Waals surface area contributed by atoms with Crippen LogP contribution in [0, 0.1) is 23.7 Å². The van der Waals surface area contributed by atoms with E-state index in [1.807, 2.05) is 82.8 Å². The fraction of sp³-hybridized carbons (Fsp3) is 0.744. The molecule has 0 aromatic heterocycles. The zero-order chi connectivity index (χ0) is 38.6. The van der Waals surface area contributed by atoms with Crippen molar-refractivity contribution in [3.8, 4) is 0 Å². The Bertz CT molecular complexity index is 1250. The molecule has 12 nitrogen and oxygen atoms in total. The molecule has 1 unspecified atom stereocenters. The number of nitrogens with two attached hydrogens (primary N) is 1. The topological polar surface area (TPSA) is 147 Å². The molecule has 4 N–H and O–H groups in total. The van der Waals surface area contributed by atoms with Crippen molar-refractivity contribution in [1.82, 2.24) is 25.3 Å². The molecule has 8 atom stereocenters. The quantitative estimate of drug-likeness (QED) is 0.174. The molecular formula is C39H68N6O6. The summed E-state index contributed by atoms with van der Waals surface area (Å²) in [6, 6.07) is 5.77. The number of nitrogen functional groups attached to an aromatic ring is 1. The number of nitrogens with one attached hydrogen (secondary N) is 2. The molecule has 12 heteroatoms. The average molecular weight is 717 g/mol. The molecule has 4 amide bonds. The van der Waals surface area contributed by atoms with E-state index in [0.29, 0.717) is 25.2 Å². The van der Waals surface area contributed by atoms with Gasteiger partial charge >= 0.3 is 0 Å². The Hall–Kier alpha value is -3.22. The first kappa shape index (κ1) is 43.9. The number of rotatable bonds is 20. The Kier molecular flexibility index (Phi) is 17.9. The maximum absolute atomic E-state index is 14.2.